The van der Waals surface area contributed by atoms with Crippen LogP contribution >= 0.6 is 11.3 Å². The number of thiazole rings is 1. The van der Waals surface area contributed by atoms with Crippen molar-refractivity contribution in [3.8, 4) is 0 Å². The van der Waals surface area contributed by atoms with Crippen LogP contribution in [0.1, 0.15) is 26.5 Å². The number of nitrogens with one attached hydrogen (secondary N) is 2. The molecule has 2 heterocycles. The van der Waals surface area contributed by atoms with E-state index in [1.165, 1.54) is 17.5 Å². The zero-order valence-electron chi connectivity index (χ0n) is 11.3. The zero-order valence-corrected chi connectivity index (χ0v) is 12.9. The van der Waals surface area contributed by atoms with Crippen LogP contribution in [0.15, 0.2) is 33.5 Å². The molecule has 0 saturated carbocycles. The minimum Gasteiger partial charge on any atom is -0.366 e. The molecule has 0 spiro atoms. The van der Waals surface area contributed by atoms with Crippen molar-refractivity contribution in [1.82, 2.24) is 9.97 Å². The van der Waals surface area contributed by atoms with E-state index in [1.54, 1.807) is 5.38 Å². The Bertz CT molecular complexity index is 769. The second-order valence-electron chi connectivity index (χ2n) is 5.27. The second kappa shape index (κ2) is 5.02. The molecule has 20 heavy (non-hydrogen) atoms. The number of H-pyrrole nitrogens is 1. The zero-order chi connectivity index (χ0) is 15.0. The molecule has 0 aliphatic heterocycles. The molecule has 0 aromatic carbocycles. The minimum absolute atomic E-state index is 0.162. The summed E-state index contributed by atoms with van der Waals surface area (Å²) in [5, 5.41) is 2.05. The molecule has 0 atom stereocenters. The first-order chi connectivity index (χ1) is 9.20. The van der Waals surface area contributed by atoms with E-state index in [4.69, 9.17) is 0 Å². The molecule has 8 heteroatoms. The number of anilines is 1. The molecule has 6 nitrogen and oxygen atoms in total. The third-order valence-corrected chi connectivity index (χ3v) is 4.82. The average molecular weight is 313 g/mol. The molecule has 2 rings (SSSR count). The number of sulfonamides is 1. The summed E-state index contributed by atoms with van der Waals surface area (Å²) in [4.78, 5) is 18.1. The SMILES string of the molecule is CC(C)(C)c1csc(NS(=O)(=O)c2c[nH]ccc2=O)n1. The summed E-state index contributed by atoms with van der Waals surface area (Å²) in [6, 6.07) is 1.16. The van der Waals surface area contributed by atoms with E-state index in [-0.39, 0.29) is 15.4 Å². The van der Waals surface area contributed by atoms with Crippen LogP contribution in [-0.4, -0.2) is 18.4 Å². The fourth-order valence-corrected chi connectivity index (χ4v) is 3.69. The fraction of sp³-hybridized carbons (Fsp3) is 0.333. The molecule has 0 aliphatic rings. The van der Waals surface area contributed by atoms with Crippen LogP contribution in [0.3, 0.4) is 0 Å². The summed E-state index contributed by atoms with van der Waals surface area (Å²) in [5.74, 6) is 0. The molecule has 0 amide bonds. The molecular weight excluding hydrogens is 298 g/mol. The first kappa shape index (κ1) is 14.7. The lowest BCUT2D eigenvalue weighted by Crippen LogP contribution is -2.21. The van der Waals surface area contributed by atoms with Gasteiger partial charge in [-0.3, -0.25) is 9.52 Å². The molecule has 0 unspecified atom stereocenters. The summed E-state index contributed by atoms with van der Waals surface area (Å²) in [5.41, 5.74) is 0.0655. The van der Waals surface area contributed by atoms with Gasteiger partial charge in [-0.15, -0.1) is 11.3 Å². The highest BCUT2D eigenvalue weighted by molar-refractivity contribution is 7.92. The molecule has 0 bridgehead atoms. The number of hydrogen-bond acceptors (Lipinski definition) is 5. The van der Waals surface area contributed by atoms with Crippen molar-refractivity contribution in [3.05, 3.63) is 39.8 Å². The molecular formula is C12H15N3O3S2. The van der Waals surface area contributed by atoms with Crippen LogP contribution in [0, 0.1) is 0 Å². The van der Waals surface area contributed by atoms with Crippen LogP contribution in [0.5, 0.6) is 0 Å². The van der Waals surface area contributed by atoms with Crippen molar-refractivity contribution in [2.45, 2.75) is 31.1 Å². The second-order valence-corrected chi connectivity index (χ2v) is 7.78. The maximum atomic E-state index is 12.1. The van der Waals surface area contributed by atoms with Gasteiger partial charge in [0.2, 0.25) is 5.43 Å². The number of aromatic nitrogens is 2. The molecule has 2 aromatic heterocycles. The first-order valence-electron chi connectivity index (χ1n) is 5.86. The Morgan fingerprint density at radius 2 is 2.05 bits per heavy atom. The molecule has 2 N–H and O–H groups in total. The first-order valence-corrected chi connectivity index (χ1v) is 8.22. The van der Waals surface area contributed by atoms with E-state index in [0.29, 0.717) is 0 Å². The third-order valence-electron chi connectivity index (χ3n) is 2.57. The Balaban J connectivity index is 2.32. The Labute approximate surface area is 121 Å². The molecule has 0 radical (unpaired) electrons. The highest BCUT2D eigenvalue weighted by Crippen LogP contribution is 2.27. The summed E-state index contributed by atoms with van der Waals surface area (Å²) in [6.07, 6.45) is 2.53. The van der Waals surface area contributed by atoms with Gasteiger partial charge in [-0.1, -0.05) is 20.8 Å². The van der Waals surface area contributed by atoms with E-state index >= 15 is 0 Å². The van der Waals surface area contributed by atoms with Crippen LogP contribution < -0.4 is 10.2 Å². The van der Waals surface area contributed by atoms with Gasteiger partial charge in [-0.2, -0.15) is 0 Å². The average Bonchev–Trinajstić information content (AvgIpc) is 2.76. The Kier molecular flexibility index (Phi) is 3.70. The molecule has 0 aliphatic carbocycles. The van der Waals surface area contributed by atoms with Crippen molar-refractivity contribution >= 4 is 26.5 Å². The topological polar surface area (TPSA) is 91.9 Å². The van der Waals surface area contributed by atoms with Gasteiger partial charge < -0.3 is 4.98 Å². The van der Waals surface area contributed by atoms with Crippen molar-refractivity contribution in [2.24, 2.45) is 0 Å². The van der Waals surface area contributed by atoms with Crippen molar-refractivity contribution in [1.29, 1.82) is 0 Å². The smallest absolute Gasteiger partial charge is 0.269 e. The Hall–Kier alpha value is -1.67. The largest absolute Gasteiger partial charge is 0.366 e. The number of nitrogens with zero attached hydrogens (tertiary/aromatic N) is 1. The van der Waals surface area contributed by atoms with Gasteiger partial charge in [0.15, 0.2) is 10.0 Å². The lowest BCUT2D eigenvalue weighted by Gasteiger charge is -2.14. The van der Waals surface area contributed by atoms with Crippen LogP contribution in [0.2, 0.25) is 0 Å². The molecule has 0 saturated heterocycles. The van der Waals surface area contributed by atoms with E-state index in [1.807, 2.05) is 20.8 Å². The van der Waals surface area contributed by atoms with E-state index in [9.17, 15) is 13.2 Å². The van der Waals surface area contributed by atoms with Crippen molar-refractivity contribution in [2.75, 3.05) is 4.72 Å². The fourth-order valence-electron chi connectivity index (χ4n) is 1.45. The van der Waals surface area contributed by atoms with Gasteiger partial charge in [0.05, 0.1) is 5.69 Å². The third kappa shape index (κ3) is 3.07. The summed E-state index contributed by atoms with van der Waals surface area (Å²) < 4.78 is 26.6. The Morgan fingerprint density at radius 3 is 2.60 bits per heavy atom. The van der Waals surface area contributed by atoms with Crippen LogP contribution in [0.25, 0.3) is 0 Å². The molecule has 108 valence electrons. The summed E-state index contributed by atoms with van der Waals surface area (Å²) >= 11 is 1.19. The standard InChI is InChI=1S/C12H15N3O3S2/c1-12(2,3)10-7-19-11(14-10)15-20(17,18)9-6-13-5-4-8(9)16/h4-7H,1-3H3,(H,13,16)(H,14,15). The van der Waals surface area contributed by atoms with Crippen molar-refractivity contribution < 1.29 is 8.42 Å². The lowest BCUT2D eigenvalue weighted by atomic mass is 9.93. The highest BCUT2D eigenvalue weighted by atomic mass is 32.2. The summed E-state index contributed by atoms with van der Waals surface area (Å²) in [7, 11) is -3.92. The van der Waals surface area contributed by atoms with Gasteiger partial charge in [-0.25, -0.2) is 13.4 Å². The predicted molar refractivity (Wildman–Crippen MR) is 78.7 cm³/mol. The van der Waals surface area contributed by atoms with E-state index in [2.05, 4.69) is 14.7 Å². The summed E-state index contributed by atoms with van der Waals surface area (Å²) in [6.45, 7) is 5.96. The van der Waals surface area contributed by atoms with E-state index in [0.717, 1.165) is 18.0 Å². The minimum atomic E-state index is -3.92. The van der Waals surface area contributed by atoms with Gasteiger partial charge in [0, 0.05) is 29.3 Å². The van der Waals surface area contributed by atoms with E-state index < -0.39 is 15.5 Å². The monoisotopic (exact) mass is 313 g/mol. The van der Waals surface area contributed by atoms with Crippen LogP contribution in [0.4, 0.5) is 5.13 Å². The number of hydrogen-bond donors (Lipinski definition) is 2. The predicted octanol–water partition coefficient (Wildman–Crippen LogP) is 1.93. The van der Waals surface area contributed by atoms with Gasteiger partial charge in [0.25, 0.3) is 10.0 Å². The number of pyridine rings is 1. The maximum Gasteiger partial charge on any atom is 0.269 e. The number of aromatic amines is 1. The normalized spacial score (nSPS) is 12.3. The van der Waals surface area contributed by atoms with Crippen molar-refractivity contribution in [3.63, 3.8) is 0 Å². The van der Waals surface area contributed by atoms with Gasteiger partial charge >= 0.3 is 0 Å². The lowest BCUT2D eigenvalue weighted by molar-refractivity contribution is 0.573. The Morgan fingerprint density at radius 1 is 1.35 bits per heavy atom. The molecule has 2 aromatic rings. The van der Waals surface area contributed by atoms with Gasteiger partial charge in [-0.05, 0) is 0 Å². The maximum absolute atomic E-state index is 12.1. The molecule has 0 fully saturated rings. The highest BCUT2D eigenvalue weighted by Gasteiger charge is 2.22. The quantitative estimate of drug-likeness (QED) is 0.905. The number of rotatable bonds is 3. The van der Waals surface area contributed by atoms with Crippen LogP contribution in [-0.2, 0) is 15.4 Å². The van der Waals surface area contributed by atoms with Gasteiger partial charge in [0.1, 0.15) is 0 Å².